The Morgan fingerprint density at radius 1 is 1.50 bits per heavy atom. The first-order chi connectivity index (χ1) is 4.60. The normalized spacial score (nSPS) is 46.8. The minimum absolute atomic E-state index is 0.840. The Hall–Kier alpha value is -0.0800. The van der Waals surface area contributed by atoms with Gasteiger partial charge in [0, 0.05) is 0 Å². The fourth-order valence-electron chi connectivity index (χ4n) is 2.02. The largest absolute Gasteiger partial charge is 0.311 e. The molecule has 0 bridgehead atoms. The molecular weight excluding hydrogens is 124 g/mol. The van der Waals surface area contributed by atoms with Gasteiger partial charge in [0.15, 0.2) is 0 Å². The molecule has 1 saturated heterocycles. The lowest BCUT2D eigenvalue weighted by Gasteiger charge is -2.52. The molecule has 2 nitrogen and oxygen atoms in total. The zero-order valence-corrected chi connectivity index (χ0v) is 7.52. The lowest BCUT2D eigenvalue weighted by Crippen LogP contribution is -2.68. The third-order valence-corrected chi connectivity index (χ3v) is 3.03. The quantitative estimate of drug-likeness (QED) is 0.560. The molecule has 0 aromatic heterocycles. The van der Waals surface area contributed by atoms with Crippen LogP contribution in [0.2, 0.25) is 0 Å². The van der Waals surface area contributed by atoms with E-state index in [4.69, 9.17) is 0 Å². The number of quaternary nitrogens is 1. The third-order valence-electron chi connectivity index (χ3n) is 3.03. The van der Waals surface area contributed by atoms with E-state index in [0.717, 1.165) is 18.6 Å². The molecule has 0 aromatic rings. The van der Waals surface area contributed by atoms with Crippen LogP contribution < -0.4 is 5.32 Å². The predicted molar refractivity (Wildman–Crippen MR) is 43.6 cm³/mol. The molecule has 0 aliphatic carbocycles. The SMILES string of the molecule is CNC[N+]1(C)CC(C)[C@@H]1C. The van der Waals surface area contributed by atoms with Crippen molar-refractivity contribution in [2.24, 2.45) is 5.92 Å². The van der Waals surface area contributed by atoms with Crippen LogP contribution in [0.5, 0.6) is 0 Å². The second-order valence-corrected chi connectivity index (χ2v) is 3.89. The molecule has 0 spiro atoms. The van der Waals surface area contributed by atoms with Crippen LogP contribution in [-0.4, -0.2) is 37.8 Å². The molecule has 0 aromatic carbocycles. The molecule has 60 valence electrons. The molecule has 1 heterocycles. The summed E-state index contributed by atoms with van der Waals surface area (Å²) in [5.41, 5.74) is 0. The maximum Gasteiger partial charge on any atom is 0.132 e. The Balaban J connectivity index is 2.41. The Morgan fingerprint density at radius 2 is 2.10 bits per heavy atom. The van der Waals surface area contributed by atoms with Gasteiger partial charge in [-0.3, -0.25) is 5.32 Å². The van der Waals surface area contributed by atoms with Crippen LogP contribution in [0.25, 0.3) is 0 Å². The van der Waals surface area contributed by atoms with E-state index in [1.165, 1.54) is 11.0 Å². The summed E-state index contributed by atoms with van der Waals surface area (Å²) in [5.74, 6) is 0.915. The summed E-state index contributed by atoms with van der Waals surface area (Å²) < 4.78 is 1.21. The molecular formula is C8H19N2+. The van der Waals surface area contributed by atoms with Gasteiger partial charge in [-0.25, -0.2) is 0 Å². The average Bonchev–Trinajstić information content (AvgIpc) is 1.88. The van der Waals surface area contributed by atoms with Gasteiger partial charge >= 0.3 is 0 Å². The Labute approximate surface area is 63.8 Å². The molecule has 1 N–H and O–H groups in total. The molecule has 1 aliphatic rings. The van der Waals surface area contributed by atoms with Gasteiger partial charge in [-0.05, 0) is 14.0 Å². The van der Waals surface area contributed by atoms with E-state index in [1.807, 2.05) is 7.05 Å². The van der Waals surface area contributed by atoms with Crippen LogP contribution in [0, 0.1) is 5.92 Å². The Kier molecular flexibility index (Phi) is 2.02. The van der Waals surface area contributed by atoms with Crippen LogP contribution in [0.15, 0.2) is 0 Å². The minimum atomic E-state index is 0.840. The number of hydrogen-bond acceptors (Lipinski definition) is 1. The van der Waals surface area contributed by atoms with Crippen molar-refractivity contribution in [3.05, 3.63) is 0 Å². The molecule has 2 unspecified atom stereocenters. The predicted octanol–water partition coefficient (Wildman–Crippen LogP) is 0.648. The van der Waals surface area contributed by atoms with Crippen molar-refractivity contribution in [2.75, 3.05) is 27.3 Å². The van der Waals surface area contributed by atoms with Crippen molar-refractivity contribution in [3.63, 3.8) is 0 Å². The van der Waals surface area contributed by atoms with Crippen molar-refractivity contribution < 1.29 is 4.48 Å². The number of hydrogen-bond donors (Lipinski definition) is 1. The van der Waals surface area contributed by atoms with Gasteiger partial charge in [0.2, 0.25) is 0 Å². The van der Waals surface area contributed by atoms with Crippen molar-refractivity contribution in [1.29, 1.82) is 0 Å². The lowest BCUT2D eigenvalue weighted by atomic mass is 9.89. The van der Waals surface area contributed by atoms with Gasteiger partial charge in [-0.1, -0.05) is 6.92 Å². The lowest BCUT2D eigenvalue weighted by molar-refractivity contribution is -0.982. The Bertz CT molecular complexity index is 120. The fraction of sp³-hybridized carbons (Fsp3) is 1.00. The van der Waals surface area contributed by atoms with Crippen LogP contribution in [0.4, 0.5) is 0 Å². The highest BCUT2D eigenvalue weighted by atomic mass is 15.4. The molecule has 2 heteroatoms. The molecule has 1 aliphatic heterocycles. The molecule has 10 heavy (non-hydrogen) atoms. The summed E-state index contributed by atoms with van der Waals surface area (Å²) in [5, 5.41) is 3.23. The zero-order chi connectivity index (χ0) is 7.78. The van der Waals surface area contributed by atoms with Gasteiger partial charge in [-0.15, -0.1) is 0 Å². The third kappa shape index (κ3) is 1.06. The number of nitrogens with one attached hydrogen (secondary N) is 1. The maximum atomic E-state index is 3.23. The van der Waals surface area contributed by atoms with Crippen molar-refractivity contribution in [2.45, 2.75) is 19.9 Å². The van der Waals surface area contributed by atoms with Gasteiger partial charge < -0.3 is 4.48 Å². The number of nitrogens with zero attached hydrogens (tertiary/aromatic N) is 1. The molecule has 1 rings (SSSR count). The highest BCUT2D eigenvalue weighted by Gasteiger charge is 2.44. The molecule has 1 fully saturated rings. The van der Waals surface area contributed by atoms with E-state index < -0.39 is 0 Å². The van der Waals surface area contributed by atoms with E-state index in [-0.39, 0.29) is 0 Å². The van der Waals surface area contributed by atoms with Gasteiger partial charge in [0.1, 0.15) is 6.67 Å². The first-order valence-corrected chi connectivity index (χ1v) is 4.09. The first kappa shape index (κ1) is 8.02. The summed E-state index contributed by atoms with van der Waals surface area (Å²) in [6.07, 6.45) is 0. The fourth-order valence-corrected chi connectivity index (χ4v) is 2.02. The Morgan fingerprint density at radius 3 is 2.40 bits per heavy atom. The smallest absolute Gasteiger partial charge is 0.132 e. The summed E-state index contributed by atoms with van der Waals surface area (Å²) in [6.45, 7) is 7.12. The van der Waals surface area contributed by atoms with Gasteiger partial charge in [0.25, 0.3) is 0 Å². The standard InChI is InChI=1S/C8H19N2/c1-7-5-10(4,6-9-3)8(7)2/h7-9H,5-6H2,1-4H3/q+1/t7?,8-,10?/m0/s1. The first-order valence-electron chi connectivity index (χ1n) is 4.09. The van der Waals surface area contributed by atoms with Crippen LogP contribution in [0.1, 0.15) is 13.8 Å². The summed E-state index contributed by atoms with van der Waals surface area (Å²) in [4.78, 5) is 0. The van der Waals surface area contributed by atoms with Crippen molar-refractivity contribution >= 4 is 0 Å². The van der Waals surface area contributed by atoms with Gasteiger partial charge in [0.05, 0.1) is 25.6 Å². The molecule has 0 amide bonds. The number of rotatable bonds is 2. The van der Waals surface area contributed by atoms with Crippen LogP contribution in [0.3, 0.4) is 0 Å². The molecule has 0 saturated carbocycles. The van der Waals surface area contributed by atoms with Crippen LogP contribution in [-0.2, 0) is 0 Å². The van der Waals surface area contributed by atoms with E-state index in [9.17, 15) is 0 Å². The van der Waals surface area contributed by atoms with E-state index >= 15 is 0 Å². The van der Waals surface area contributed by atoms with E-state index in [0.29, 0.717) is 0 Å². The zero-order valence-electron chi connectivity index (χ0n) is 7.52. The highest BCUT2D eigenvalue weighted by molar-refractivity contribution is 4.71. The van der Waals surface area contributed by atoms with Gasteiger partial charge in [-0.2, -0.15) is 0 Å². The number of likely N-dealkylation sites (tertiary alicyclic amines) is 1. The minimum Gasteiger partial charge on any atom is -0.311 e. The average molecular weight is 143 g/mol. The second kappa shape index (κ2) is 2.51. The maximum absolute atomic E-state index is 3.23. The monoisotopic (exact) mass is 143 g/mol. The molecule has 3 atom stereocenters. The highest BCUT2D eigenvalue weighted by Crippen LogP contribution is 2.29. The topological polar surface area (TPSA) is 12.0 Å². The summed E-state index contributed by atoms with van der Waals surface area (Å²) in [6, 6.07) is 0.840. The van der Waals surface area contributed by atoms with E-state index in [1.54, 1.807) is 0 Å². The van der Waals surface area contributed by atoms with Crippen LogP contribution >= 0.6 is 0 Å². The van der Waals surface area contributed by atoms with E-state index in [2.05, 4.69) is 26.2 Å². The van der Waals surface area contributed by atoms with Crippen molar-refractivity contribution in [3.8, 4) is 0 Å². The molecule has 0 radical (unpaired) electrons. The second-order valence-electron chi connectivity index (χ2n) is 3.89. The summed E-state index contributed by atoms with van der Waals surface area (Å²) >= 11 is 0. The summed E-state index contributed by atoms with van der Waals surface area (Å²) in [7, 11) is 4.35. The van der Waals surface area contributed by atoms with Crippen molar-refractivity contribution in [1.82, 2.24) is 5.32 Å².